The lowest BCUT2D eigenvalue weighted by atomic mass is 10.1. The Kier molecular flexibility index (Phi) is 5.20. The second kappa shape index (κ2) is 6.93. The van der Waals surface area contributed by atoms with Crippen molar-refractivity contribution in [2.24, 2.45) is 0 Å². The van der Waals surface area contributed by atoms with Gasteiger partial charge < -0.3 is 5.32 Å². The molecule has 0 radical (unpaired) electrons. The molecule has 22 heavy (non-hydrogen) atoms. The average Bonchev–Trinajstić information content (AvgIpc) is 2.44. The monoisotopic (exact) mass is 338 g/mol. The Hall–Kier alpha value is -1.86. The second-order valence-electron chi connectivity index (χ2n) is 4.82. The number of aromatic amines is 1. The molecule has 116 valence electrons. The van der Waals surface area contributed by atoms with Gasteiger partial charge in [0, 0.05) is 0 Å². The maximum Gasteiger partial charge on any atom is 0.273 e. The highest BCUT2D eigenvalue weighted by molar-refractivity contribution is 7.99. The first-order valence-corrected chi connectivity index (χ1v) is 7.86. The molecule has 2 rings (SSSR count). The Morgan fingerprint density at radius 2 is 2.05 bits per heavy atom. The summed E-state index contributed by atoms with van der Waals surface area (Å²) in [5, 5.41) is 11.1. The highest BCUT2D eigenvalue weighted by Crippen LogP contribution is 2.27. The zero-order valence-corrected chi connectivity index (χ0v) is 13.9. The van der Waals surface area contributed by atoms with Crippen LogP contribution in [-0.2, 0) is 4.79 Å². The number of nitrogens with one attached hydrogen (secondary N) is 2. The first-order valence-electron chi connectivity index (χ1n) is 6.50. The van der Waals surface area contributed by atoms with Crippen LogP contribution in [0.25, 0.3) is 0 Å². The molecule has 0 aliphatic carbocycles. The SMILES string of the molecule is Cc1cc(C)c(NC(=O)CSc2nnc(C)c(=O)[nH]2)c(Cl)c1. The number of H-pyrrole nitrogens is 1. The smallest absolute Gasteiger partial charge is 0.273 e. The standard InChI is InChI=1S/C14H15ClN4O2S/c1-7-4-8(2)12(10(15)5-7)16-11(20)6-22-14-17-13(21)9(3)18-19-14/h4-5H,6H2,1-3H3,(H,16,20)(H,17,19,21). The molecule has 1 aromatic heterocycles. The summed E-state index contributed by atoms with van der Waals surface area (Å²) in [6.45, 7) is 5.38. The zero-order chi connectivity index (χ0) is 16.3. The lowest BCUT2D eigenvalue weighted by Crippen LogP contribution is -2.18. The molecule has 1 heterocycles. The minimum absolute atomic E-state index is 0.0946. The van der Waals surface area contributed by atoms with Crippen molar-refractivity contribution in [3.63, 3.8) is 0 Å². The first kappa shape index (κ1) is 16.5. The molecule has 2 aromatic rings. The number of aromatic nitrogens is 3. The highest BCUT2D eigenvalue weighted by atomic mass is 35.5. The molecule has 0 saturated heterocycles. The molecule has 0 aliphatic heterocycles. The Morgan fingerprint density at radius 1 is 1.32 bits per heavy atom. The number of aryl methyl sites for hydroxylation is 3. The van der Waals surface area contributed by atoms with Gasteiger partial charge in [-0.1, -0.05) is 29.4 Å². The maximum atomic E-state index is 12.0. The maximum absolute atomic E-state index is 12.0. The fourth-order valence-electron chi connectivity index (χ4n) is 1.83. The van der Waals surface area contributed by atoms with Gasteiger partial charge in [-0.15, -0.1) is 10.2 Å². The van der Waals surface area contributed by atoms with Crippen LogP contribution in [0.5, 0.6) is 0 Å². The summed E-state index contributed by atoms with van der Waals surface area (Å²) < 4.78 is 0. The Bertz CT molecular complexity index is 753. The van der Waals surface area contributed by atoms with Gasteiger partial charge in [-0.25, -0.2) is 0 Å². The van der Waals surface area contributed by atoms with Crippen molar-refractivity contribution in [1.82, 2.24) is 15.2 Å². The van der Waals surface area contributed by atoms with Gasteiger partial charge in [0.05, 0.1) is 16.5 Å². The van der Waals surface area contributed by atoms with Crippen LogP contribution in [-0.4, -0.2) is 26.8 Å². The number of halogens is 1. The van der Waals surface area contributed by atoms with Crippen molar-refractivity contribution in [1.29, 1.82) is 0 Å². The predicted octanol–water partition coefficient (Wildman–Crippen LogP) is 2.47. The van der Waals surface area contributed by atoms with E-state index in [1.165, 1.54) is 0 Å². The molecule has 2 N–H and O–H groups in total. The van der Waals surface area contributed by atoms with Crippen LogP contribution < -0.4 is 10.9 Å². The van der Waals surface area contributed by atoms with E-state index >= 15 is 0 Å². The molecule has 8 heteroatoms. The summed E-state index contributed by atoms with van der Waals surface area (Å²) in [6, 6.07) is 3.73. The number of hydrogen-bond donors (Lipinski definition) is 2. The van der Waals surface area contributed by atoms with E-state index in [-0.39, 0.29) is 22.9 Å². The third kappa shape index (κ3) is 4.08. The summed E-state index contributed by atoms with van der Waals surface area (Å²) >= 11 is 7.24. The average molecular weight is 339 g/mol. The topological polar surface area (TPSA) is 87.7 Å². The lowest BCUT2D eigenvalue weighted by molar-refractivity contribution is -0.113. The van der Waals surface area contributed by atoms with Crippen LogP contribution in [0.4, 0.5) is 5.69 Å². The number of carbonyl (C=O) groups excluding carboxylic acids is 1. The minimum Gasteiger partial charge on any atom is -0.324 e. The van der Waals surface area contributed by atoms with Crippen LogP contribution in [0, 0.1) is 20.8 Å². The van der Waals surface area contributed by atoms with E-state index in [0.717, 1.165) is 22.9 Å². The van der Waals surface area contributed by atoms with E-state index in [1.807, 2.05) is 19.9 Å². The summed E-state index contributed by atoms with van der Waals surface area (Å²) in [6.07, 6.45) is 0. The fraction of sp³-hybridized carbons (Fsp3) is 0.286. The third-order valence-electron chi connectivity index (χ3n) is 2.88. The van der Waals surface area contributed by atoms with Gasteiger partial charge >= 0.3 is 0 Å². The molecule has 1 amide bonds. The van der Waals surface area contributed by atoms with Crippen LogP contribution in [0.3, 0.4) is 0 Å². The van der Waals surface area contributed by atoms with Crippen LogP contribution in [0.2, 0.25) is 5.02 Å². The van der Waals surface area contributed by atoms with Gasteiger partial charge in [0.25, 0.3) is 5.56 Å². The number of benzene rings is 1. The number of thioether (sulfide) groups is 1. The Balaban J connectivity index is 2.02. The van der Waals surface area contributed by atoms with Crippen LogP contribution in [0.1, 0.15) is 16.8 Å². The largest absolute Gasteiger partial charge is 0.324 e. The van der Waals surface area contributed by atoms with E-state index in [1.54, 1.807) is 13.0 Å². The number of carbonyl (C=O) groups is 1. The van der Waals surface area contributed by atoms with Crippen LogP contribution >= 0.6 is 23.4 Å². The highest BCUT2D eigenvalue weighted by Gasteiger charge is 2.11. The number of amides is 1. The normalized spacial score (nSPS) is 10.5. The summed E-state index contributed by atoms with van der Waals surface area (Å²) in [5.41, 5.74) is 2.50. The minimum atomic E-state index is -0.310. The van der Waals surface area contributed by atoms with E-state index in [0.29, 0.717) is 15.9 Å². The molecule has 6 nitrogen and oxygen atoms in total. The van der Waals surface area contributed by atoms with Gasteiger partial charge in [0.15, 0.2) is 5.16 Å². The molecule has 0 saturated carbocycles. The van der Waals surface area contributed by atoms with Crippen molar-refractivity contribution in [3.8, 4) is 0 Å². The van der Waals surface area contributed by atoms with Crippen molar-refractivity contribution in [3.05, 3.63) is 44.3 Å². The first-order chi connectivity index (χ1) is 10.4. The molecule has 0 spiro atoms. The van der Waals surface area contributed by atoms with E-state index < -0.39 is 0 Å². The molecular formula is C14H15ClN4O2S. The van der Waals surface area contributed by atoms with Crippen LogP contribution in [0.15, 0.2) is 22.1 Å². The summed E-state index contributed by atoms with van der Waals surface area (Å²) in [5.74, 6) is -0.140. The van der Waals surface area contributed by atoms with E-state index in [2.05, 4.69) is 20.5 Å². The van der Waals surface area contributed by atoms with E-state index in [9.17, 15) is 9.59 Å². The number of rotatable bonds is 4. The van der Waals surface area contributed by atoms with Gasteiger partial charge in [0.2, 0.25) is 5.91 Å². The lowest BCUT2D eigenvalue weighted by Gasteiger charge is -2.11. The predicted molar refractivity (Wildman–Crippen MR) is 87.7 cm³/mol. The number of nitrogens with zero attached hydrogens (tertiary/aromatic N) is 2. The van der Waals surface area contributed by atoms with Crippen molar-refractivity contribution >= 4 is 35.0 Å². The van der Waals surface area contributed by atoms with Gasteiger partial charge in [-0.05, 0) is 38.0 Å². The molecule has 0 bridgehead atoms. The Labute approximate surface area is 136 Å². The molecular weight excluding hydrogens is 324 g/mol. The van der Waals surface area contributed by atoms with Gasteiger partial charge in [0.1, 0.15) is 5.69 Å². The molecule has 0 atom stereocenters. The van der Waals surface area contributed by atoms with Gasteiger partial charge in [-0.2, -0.15) is 0 Å². The summed E-state index contributed by atoms with van der Waals surface area (Å²) in [4.78, 5) is 26.0. The molecule has 0 fully saturated rings. The second-order valence-corrected chi connectivity index (χ2v) is 6.19. The van der Waals surface area contributed by atoms with E-state index in [4.69, 9.17) is 11.6 Å². The molecule has 0 aliphatic rings. The van der Waals surface area contributed by atoms with Crippen molar-refractivity contribution < 1.29 is 4.79 Å². The number of hydrogen-bond acceptors (Lipinski definition) is 5. The third-order valence-corrected chi connectivity index (χ3v) is 4.04. The van der Waals surface area contributed by atoms with Crippen molar-refractivity contribution in [2.45, 2.75) is 25.9 Å². The molecule has 1 aromatic carbocycles. The van der Waals surface area contributed by atoms with Crippen molar-refractivity contribution in [2.75, 3.05) is 11.1 Å². The van der Waals surface area contributed by atoms with Gasteiger partial charge in [-0.3, -0.25) is 14.6 Å². The fourth-order valence-corrected chi connectivity index (χ4v) is 2.80. The summed E-state index contributed by atoms with van der Waals surface area (Å²) in [7, 11) is 0. The zero-order valence-electron chi connectivity index (χ0n) is 12.4. The Morgan fingerprint density at radius 3 is 2.68 bits per heavy atom. The number of anilines is 1. The quantitative estimate of drug-likeness (QED) is 0.836. The molecule has 0 unspecified atom stereocenters.